The fourth-order valence-electron chi connectivity index (χ4n) is 1.62. The number of methoxy groups -OCH3 is 1. The second kappa shape index (κ2) is 5.88. The molecule has 0 saturated carbocycles. The summed E-state index contributed by atoms with van der Waals surface area (Å²) in [6.45, 7) is 0. The minimum absolute atomic E-state index is 0.259. The minimum Gasteiger partial charge on any atom is -0.481 e. The Kier molecular flexibility index (Phi) is 4.21. The number of aromatic nitrogens is 2. The number of anilines is 1. The monoisotopic (exact) mass is 323 g/mol. The summed E-state index contributed by atoms with van der Waals surface area (Å²) in [7, 11) is 3.26. The molecule has 0 aliphatic heterocycles. The summed E-state index contributed by atoms with van der Waals surface area (Å²) in [4.78, 5) is 12.0. The Morgan fingerprint density at radius 3 is 2.63 bits per heavy atom. The fraction of sp³-hybridized carbons (Fsp3) is 0.231. The normalized spacial score (nSPS) is 10.3. The topological polar surface area (TPSA) is 56.1 Å². The largest absolute Gasteiger partial charge is 0.481 e. The molecule has 0 atom stereocenters. The van der Waals surface area contributed by atoms with Crippen LogP contribution in [0.15, 0.2) is 30.3 Å². The molecule has 0 fully saturated rings. The molecule has 1 N–H and O–H groups in total. The molecule has 6 heteroatoms. The van der Waals surface area contributed by atoms with Gasteiger partial charge in [-0.25, -0.2) is 4.68 Å². The maximum atomic E-state index is 12.0. The van der Waals surface area contributed by atoms with Gasteiger partial charge in [-0.2, -0.15) is 5.10 Å². The first kappa shape index (κ1) is 13.6. The van der Waals surface area contributed by atoms with Crippen LogP contribution in [0.1, 0.15) is 16.1 Å². The molecule has 0 unspecified atom stereocenters. The first-order valence-electron chi connectivity index (χ1n) is 5.68. The van der Waals surface area contributed by atoms with Crippen LogP contribution in [0.3, 0.4) is 0 Å². The number of nitrogens with one attached hydrogen (secondary N) is 1. The van der Waals surface area contributed by atoms with Crippen molar-refractivity contribution in [2.24, 2.45) is 7.05 Å². The van der Waals surface area contributed by atoms with Crippen LogP contribution in [0, 0.1) is 0 Å². The summed E-state index contributed by atoms with van der Waals surface area (Å²) < 4.78 is 6.59. The summed E-state index contributed by atoms with van der Waals surface area (Å²) in [6.07, 6.45) is 0. The number of aryl methyl sites for hydroxylation is 1. The third-order valence-corrected chi connectivity index (χ3v) is 3.29. The standard InChI is InChI=1S/C13H14BrN3O2/c1-17-12(19-2)7-11(16-17)13(18)15-10-5-3-9(8-14)4-6-10/h3-7H,8H2,1-2H3,(H,15,18). The van der Waals surface area contributed by atoms with Crippen LogP contribution in [-0.4, -0.2) is 22.8 Å². The van der Waals surface area contributed by atoms with E-state index in [9.17, 15) is 4.79 Å². The Hall–Kier alpha value is -1.82. The van der Waals surface area contributed by atoms with Gasteiger partial charge in [-0.3, -0.25) is 4.79 Å². The highest BCUT2D eigenvalue weighted by Crippen LogP contribution is 2.15. The maximum Gasteiger partial charge on any atom is 0.276 e. The molecule has 100 valence electrons. The van der Waals surface area contributed by atoms with E-state index in [-0.39, 0.29) is 5.91 Å². The van der Waals surface area contributed by atoms with Crippen LogP contribution < -0.4 is 10.1 Å². The lowest BCUT2D eigenvalue weighted by Gasteiger charge is -2.03. The zero-order valence-corrected chi connectivity index (χ0v) is 12.3. The number of amides is 1. The lowest BCUT2D eigenvalue weighted by molar-refractivity contribution is 0.102. The van der Waals surface area contributed by atoms with Gasteiger partial charge in [0.2, 0.25) is 5.88 Å². The molecule has 0 radical (unpaired) electrons. The number of alkyl halides is 1. The van der Waals surface area contributed by atoms with Crippen molar-refractivity contribution in [3.05, 3.63) is 41.6 Å². The van der Waals surface area contributed by atoms with Gasteiger partial charge in [0.25, 0.3) is 5.91 Å². The number of nitrogens with zero attached hydrogens (tertiary/aromatic N) is 2. The van der Waals surface area contributed by atoms with Gasteiger partial charge in [0.1, 0.15) is 0 Å². The van der Waals surface area contributed by atoms with Gasteiger partial charge in [-0.05, 0) is 17.7 Å². The Bertz CT molecular complexity index is 578. The molecule has 1 aromatic heterocycles. The quantitative estimate of drug-likeness (QED) is 0.880. The molecule has 0 bridgehead atoms. The van der Waals surface area contributed by atoms with Gasteiger partial charge in [-0.1, -0.05) is 28.1 Å². The first-order valence-corrected chi connectivity index (χ1v) is 6.80. The van der Waals surface area contributed by atoms with Crippen molar-refractivity contribution < 1.29 is 9.53 Å². The molecule has 0 aliphatic rings. The van der Waals surface area contributed by atoms with Gasteiger partial charge in [0.05, 0.1) is 7.11 Å². The van der Waals surface area contributed by atoms with Crippen LogP contribution in [0.4, 0.5) is 5.69 Å². The van der Waals surface area contributed by atoms with Crippen molar-refractivity contribution in [3.63, 3.8) is 0 Å². The number of carbonyl (C=O) groups is 1. The third kappa shape index (κ3) is 3.14. The number of hydrogen-bond donors (Lipinski definition) is 1. The van der Waals surface area contributed by atoms with Crippen LogP contribution in [0.25, 0.3) is 0 Å². The molecule has 0 saturated heterocycles. The lowest BCUT2D eigenvalue weighted by atomic mass is 10.2. The molecule has 0 spiro atoms. The van der Waals surface area contributed by atoms with E-state index in [4.69, 9.17) is 4.74 Å². The molecule has 5 nitrogen and oxygen atoms in total. The summed E-state index contributed by atoms with van der Waals surface area (Å²) in [5.74, 6) is 0.283. The van der Waals surface area contributed by atoms with E-state index < -0.39 is 0 Å². The molecule has 19 heavy (non-hydrogen) atoms. The molecule has 2 rings (SSSR count). The fourth-order valence-corrected chi connectivity index (χ4v) is 2.00. The van der Waals surface area contributed by atoms with Gasteiger partial charge >= 0.3 is 0 Å². The Balaban J connectivity index is 2.11. The lowest BCUT2D eigenvalue weighted by Crippen LogP contribution is -2.12. The van der Waals surface area contributed by atoms with Crippen molar-refractivity contribution in [2.75, 3.05) is 12.4 Å². The predicted octanol–water partition coefficient (Wildman–Crippen LogP) is 2.58. The molecular formula is C13H14BrN3O2. The van der Waals surface area contributed by atoms with Gasteiger partial charge in [0.15, 0.2) is 5.69 Å². The SMILES string of the molecule is COc1cc(C(=O)Nc2ccc(CBr)cc2)nn1C. The molecule has 0 aliphatic carbocycles. The van der Waals surface area contributed by atoms with Crippen molar-refractivity contribution in [2.45, 2.75) is 5.33 Å². The van der Waals surface area contributed by atoms with E-state index in [1.807, 2.05) is 24.3 Å². The summed E-state index contributed by atoms with van der Waals surface area (Å²) in [6, 6.07) is 9.21. The number of rotatable bonds is 4. The molecule has 1 aromatic carbocycles. The van der Waals surface area contributed by atoms with Crippen LogP contribution in [0.2, 0.25) is 0 Å². The first-order chi connectivity index (χ1) is 9.13. The predicted molar refractivity (Wildman–Crippen MR) is 76.8 cm³/mol. The van der Waals surface area contributed by atoms with Crippen molar-refractivity contribution in [1.29, 1.82) is 0 Å². The number of ether oxygens (including phenoxy) is 1. The Morgan fingerprint density at radius 2 is 2.11 bits per heavy atom. The van der Waals surface area contributed by atoms with Gasteiger partial charge in [-0.15, -0.1) is 0 Å². The third-order valence-electron chi connectivity index (χ3n) is 2.64. The highest BCUT2D eigenvalue weighted by Gasteiger charge is 2.13. The van der Waals surface area contributed by atoms with Gasteiger partial charge < -0.3 is 10.1 Å². The average molecular weight is 324 g/mol. The van der Waals surface area contributed by atoms with Crippen LogP contribution in [0.5, 0.6) is 5.88 Å². The number of carbonyl (C=O) groups excluding carboxylic acids is 1. The van der Waals surface area contributed by atoms with E-state index in [0.29, 0.717) is 11.6 Å². The van der Waals surface area contributed by atoms with Crippen molar-refractivity contribution >= 4 is 27.5 Å². The van der Waals surface area contributed by atoms with Crippen molar-refractivity contribution in [1.82, 2.24) is 9.78 Å². The van der Waals surface area contributed by atoms with E-state index in [2.05, 4.69) is 26.3 Å². The Labute approximate surface area is 119 Å². The molecule has 1 amide bonds. The summed E-state index contributed by atoms with van der Waals surface area (Å²) >= 11 is 3.37. The summed E-state index contributed by atoms with van der Waals surface area (Å²) in [5.41, 5.74) is 2.21. The molecule has 2 aromatic rings. The zero-order valence-electron chi connectivity index (χ0n) is 10.7. The summed E-state index contributed by atoms with van der Waals surface area (Å²) in [5, 5.41) is 7.66. The van der Waals surface area contributed by atoms with Crippen LogP contribution in [-0.2, 0) is 12.4 Å². The smallest absolute Gasteiger partial charge is 0.276 e. The van der Waals surface area contributed by atoms with E-state index in [1.54, 1.807) is 13.1 Å². The zero-order chi connectivity index (χ0) is 13.8. The number of halogens is 1. The second-order valence-corrected chi connectivity index (χ2v) is 4.54. The van der Waals surface area contributed by atoms with E-state index in [0.717, 1.165) is 16.6 Å². The minimum atomic E-state index is -0.259. The average Bonchev–Trinajstić information content (AvgIpc) is 2.81. The van der Waals surface area contributed by atoms with Crippen LogP contribution >= 0.6 is 15.9 Å². The van der Waals surface area contributed by atoms with Crippen molar-refractivity contribution in [3.8, 4) is 5.88 Å². The molecular weight excluding hydrogens is 310 g/mol. The van der Waals surface area contributed by atoms with Gasteiger partial charge in [0, 0.05) is 24.1 Å². The Morgan fingerprint density at radius 1 is 1.42 bits per heavy atom. The van der Waals surface area contributed by atoms with E-state index in [1.165, 1.54) is 11.8 Å². The number of benzene rings is 1. The highest BCUT2D eigenvalue weighted by molar-refractivity contribution is 9.08. The molecule has 1 heterocycles. The highest BCUT2D eigenvalue weighted by atomic mass is 79.9. The van der Waals surface area contributed by atoms with E-state index >= 15 is 0 Å². The second-order valence-electron chi connectivity index (χ2n) is 3.98. The number of hydrogen-bond acceptors (Lipinski definition) is 3. The maximum absolute atomic E-state index is 12.0.